The fourth-order valence-corrected chi connectivity index (χ4v) is 3.86. The van der Waals surface area contributed by atoms with Crippen LogP contribution in [0, 0.1) is 5.92 Å². The van der Waals surface area contributed by atoms with E-state index in [4.69, 9.17) is 0 Å². The van der Waals surface area contributed by atoms with Gasteiger partial charge in [0, 0.05) is 24.6 Å². The van der Waals surface area contributed by atoms with Gasteiger partial charge in [-0.25, -0.2) is 0 Å². The number of nitrogens with one attached hydrogen (secondary N) is 1. The summed E-state index contributed by atoms with van der Waals surface area (Å²) >= 11 is 0. The van der Waals surface area contributed by atoms with Crippen LogP contribution in [0.15, 0.2) is 24.3 Å². The third-order valence-corrected chi connectivity index (χ3v) is 5.25. The van der Waals surface area contributed by atoms with Crippen molar-refractivity contribution >= 4 is 17.5 Å². The molecule has 1 aromatic carbocycles. The lowest BCUT2D eigenvalue weighted by Gasteiger charge is -2.38. The van der Waals surface area contributed by atoms with Gasteiger partial charge in [0.25, 0.3) is 0 Å². The average molecular weight is 330 g/mol. The molecular weight excluding hydrogens is 304 g/mol. The standard InChI is InChI=1S/C19H26N2O3/c1-13(22)17-8-4-5-11-21(17)18(23)10-9-15-12-14-6-2-3-7-16(14)20-19(15)24/h2-3,6-7,13,15,17,22H,4-5,8-12H2,1H3,(H,20,24). The molecule has 2 heterocycles. The summed E-state index contributed by atoms with van der Waals surface area (Å²) in [6.45, 7) is 2.47. The lowest BCUT2D eigenvalue weighted by molar-refractivity contribution is -0.138. The summed E-state index contributed by atoms with van der Waals surface area (Å²) in [6.07, 6.45) is 4.02. The summed E-state index contributed by atoms with van der Waals surface area (Å²) in [4.78, 5) is 26.7. The largest absolute Gasteiger partial charge is 0.391 e. The van der Waals surface area contributed by atoms with E-state index in [9.17, 15) is 14.7 Å². The molecule has 5 nitrogen and oxygen atoms in total. The Balaban J connectivity index is 1.59. The predicted molar refractivity (Wildman–Crippen MR) is 92.5 cm³/mol. The second-order valence-electron chi connectivity index (χ2n) is 6.98. The molecular formula is C19H26N2O3. The highest BCUT2D eigenvalue weighted by molar-refractivity contribution is 5.96. The molecule has 0 saturated carbocycles. The number of carbonyl (C=O) groups is 2. The van der Waals surface area contributed by atoms with Crippen LogP contribution in [-0.4, -0.2) is 40.5 Å². The quantitative estimate of drug-likeness (QED) is 0.890. The van der Waals surface area contributed by atoms with E-state index in [1.54, 1.807) is 6.92 Å². The molecule has 1 aromatic rings. The topological polar surface area (TPSA) is 69.6 Å². The Bertz CT molecular complexity index is 614. The number of aliphatic hydroxyl groups excluding tert-OH is 1. The number of rotatable bonds is 4. The van der Waals surface area contributed by atoms with Gasteiger partial charge in [-0.2, -0.15) is 0 Å². The highest BCUT2D eigenvalue weighted by Crippen LogP contribution is 2.28. The van der Waals surface area contributed by atoms with Gasteiger partial charge in [0.05, 0.1) is 12.1 Å². The van der Waals surface area contributed by atoms with Crippen LogP contribution >= 0.6 is 0 Å². The van der Waals surface area contributed by atoms with Crippen molar-refractivity contribution in [3.63, 3.8) is 0 Å². The van der Waals surface area contributed by atoms with Crippen molar-refractivity contribution in [1.29, 1.82) is 0 Å². The first-order chi connectivity index (χ1) is 11.6. The van der Waals surface area contributed by atoms with Crippen LogP contribution in [0.4, 0.5) is 5.69 Å². The maximum Gasteiger partial charge on any atom is 0.227 e. The van der Waals surface area contributed by atoms with Crippen LogP contribution < -0.4 is 5.32 Å². The third-order valence-electron chi connectivity index (χ3n) is 5.25. The molecule has 5 heteroatoms. The van der Waals surface area contributed by atoms with Crippen LogP contribution in [0.2, 0.25) is 0 Å². The van der Waals surface area contributed by atoms with E-state index in [1.807, 2.05) is 29.2 Å². The summed E-state index contributed by atoms with van der Waals surface area (Å²) in [7, 11) is 0. The van der Waals surface area contributed by atoms with E-state index in [2.05, 4.69) is 5.32 Å². The number of aliphatic hydroxyl groups is 1. The molecule has 2 amide bonds. The Morgan fingerprint density at radius 2 is 2.17 bits per heavy atom. The van der Waals surface area contributed by atoms with Crippen molar-refractivity contribution in [1.82, 2.24) is 4.90 Å². The number of piperidine rings is 1. The van der Waals surface area contributed by atoms with E-state index < -0.39 is 6.10 Å². The maximum atomic E-state index is 12.6. The van der Waals surface area contributed by atoms with E-state index in [-0.39, 0.29) is 23.8 Å². The monoisotopic (exact) mass is 330 g/mol. The lowest BCUT2D eigenvalue weighted by atomic mass is 9.89. The number of para-hydroxylation sites is 1. The summed E-state index contributed by atoms with van der Waals surface area (Å²) in [5.74, 6) is -0.0851. The van der Waals surface area contributed by atoms with Gasteiger partial charge in [0.1, 0.15) is 0 Å². The second-order valence-corrected chi connectivity index (χ2v) is 6.98. The second kappa shape index (κ2) is 7.34. The molecule has 130 valence electrons. The molecule has 3 unspecified atom stereocenters. The van der Waals surface area contributed by atoms with Gasteiger partial charge in [-0.05, 0) is 50.7 Å². The maximum absolute atomic E-state index is 12.6. The first-order valence-corrected chi connectivity index (χ1v) is 8.92. The van der Waals surface area contributed by atoms with Gasteiger partial charge in [0.2, 0.25) is 11.8 Å². The number of benzene rings is 1. The number of likely N-dealkylation sites (tertiary alicyclic amines) is 1. The predicted octanol–water partition coefficient (Wildman–Crippen LogP) is 2.34. The number of hydrogen-bond donors (Lipinski definition) is 2. The molecule has 0 bridgehead atoms. The fraction of sp³-hybridized carbons (Fsp3) is 0.579. The van der Waals surface area contributed by atoms with Gasteiger partial charge in [-0.1, -0.05) is 18.2 Å². The molecule has 3 rings (SSSR count). The fourth-order valence-electron chi connectivity index (χ4n) is 3.86. The van der Waals surface area contributed by atoms with E-state index in [1.165, 1.54) is 0 Å². The zero-order valence-electron chi connectivity index (χ0n) is 14.2. The molecule has 24 heavy (non-hydrogen) atoms. The molecule has 1 fully saturated rings. The van der Waals surface area contributed by atoms with Crippen LogP contribution in [0.3, 0.4) is 0 Å². The molecule has 0 aliphatic carbocycles. The molecule has 2 aliphatic heterocycles. The molecule has 0 radical (unpaired) electrons. The molecule has 0 spiro atoms. The number of carbonyl (C=O) groups excluding carboxylic acids is 2. The zero-order valence-corrected chi connectivity index (χ0v) is 14.2. The average Bonchev–Trinajstić information content (AvgIpc) is 2.59. The Kier molecular flexibility index (Phi) is 5.19. The first kappa shape index (κ1) is 17.0. The number of amides is 2. The number of fused-ring (bicyclic) bond motifs is 1. The highest BCUT2D eigenvalue weighted by atomic mass is 16.3. The highest BCUT2D eigenvalue weighted by Gasteiger charge is 2.31. The van der Waals surface area contributed by atoms with Crippen molar-refractivity contribution < 1.29 is 14.7 Å². The molecule has 2 N–H and O–H groups in total. The minimum absolute atomic E-state index is 0.00669. The van der Waals surface area contributed by atoms with E-state index in [0.29, 0.717) is 25.8 Å². The normalized spacial score (nSPS) is 24.9. The van der Waals surface area contributed by atoms with Crippen LogP contribution in [0.1, 0.15) is 44.6 Å². The SMILES string of the molecule is CC(O)C1CCCCN1C(=O)CCC1Cc2ccccc2NC1=O. The Morgan fingerprint density at radius 3 is 2.96 bits per heavy atom. The van der Waals surface area contributed by atoms with Gasteiger partial charge in [0.15, 0.2) is 0 Å². The number of hydrogen-bond acceptors (Lipinski definition) is 3. The lowest BCUT2D eigenvalue weighted by Crippen LogP contribution is -2.49. The minimum atomic E-state index is -0.501. The van der Waals surface area contributed by atoms with Gasteiger partial charge < -0.3 is 15.3 Å². The zero-order chi connectivity index (χ0) is 17.1. The minimum Gasteiger partial charge on any atom is -0.391 e. The van der Waals surface area contributed by atoms with Gasteiger partial charge >= 0.3 is 0 Å². The third kappa shape index (κ3) is 3.61. The van der Waals surface area contributed by atoms with Crippen molar-refractivity contribution in [2.75, 3.05) is 11.9 Å². The van der Waals surface area contributed by atoms with Crippen molar-refractivity contribution in [3.8, 4) is 0 Å². The smallest absolute Gasteiger partial charge is 0.227 e. The van der Waals surface area contributed by atoms with Crippen LogP contribution in [0.25, 0.3) is 0 Å². The summed E-state index contributed by atoms with van der Waals surface area (Å²) in [5, 5.41) is 12.8. The van der Waals surface area contributed by atoms with Crippen molar-refractivity contribution in [2.45, 2.75) is 57.6 Å². The number of anilines is 1. The molecule has 0 aromatic heterocycles. The first-order valence-electron chi connectivity index (χ1n) is 8.92. The van der Waals surface area contributed by atoms with Crippen molar-refractivity contribution in [2.24, 2.45) is 5.92 Å². The van der Waals surface area contributed by atoms with E-state index in [0.717, 1.165) is 30.5 Å². The van der Waals surface area contributed by atoms with Crippen LogP contribution in [-0.2, 0) is 16.0 Å². The van der Waals surface area contributed by atoms with Crippen molar-refractivity contribution in [3.05, 3.63) is 29.8 Å². The van der Waals surface area contributed by atoms with Gasteiger partial charge in [-0.3, -0.25) is 9.59 Å². The van der Waals surface area contributed by atoms with E-state index >= 15 is 0 Å². The van der Waals surface area contributed by atoms with Crippen LogP contribution in [0.5, 0.6) is 0 Å². The Morgan fingerprint density at radius 1 is 1.38 bits per heavy atom. The summed E-state index contributed by atoms with van der Waals surface area (Å²) in [6, 6.07) is 7.75. The summed E-state index contributed by atoms with van der Waals surface area (Å²) < 4.78 is 0. The summed E-state index contributed by atoms with van der Waals surface area (Å²) in [5.41, 5.74) is 2.02. The Labute approximate surface area is 143 Å². The Hall–Kier alpha value is -1.88. The number of nitrogens with zero attached hydrogens (tertiary/aromatic N) is 1. The van der Waals surface area contributed by atoms with Gasteiger partial charge in [-0.15, -0.1) is 0 Å². The molecule has 2 aliphatic rings. The molecule has 3 atom stereocenters. The molecule has 1 saturated heterocycles.